The normalized spacial score (nSPS) is 11.2. The maximum atomic E-state index is 9.75. The number of aryl methyl sites for hydroxylation is 2. The Hall–Kier alpha value is -2.10. The van der Waals surface area contributed by atoms with Crippen LogP contribution >= 0.6 is 11.3 Å². The third-order valence-corrected chi connectivity index (χ3v) is 3.84. The Morgan fingerprint density at radius 2 is 1.80 bits per heavy atom. The zero-order valence-electron chi connectivity index (χ0n) is 14.3. The molecule has 0 radical (unpaired) electrons. The Labute approximate surface area is 147 Å². The number of benzene rings is 1. The number of aromatic nitrogens is 2. The van der Waals surface area contributed by atoms with Gasteiger partial charge in [-0.2, -0.15) is 0 Å². The summed E-state index contributed by atoms with van der Waals surface area (Å²) >= 11 is 1.67. The second-order valence-electron chi connectivity index (χ2n) is 4.69. The zero-order valence-corrected chi connectivity index (χ0v) is 15.1. The van der Waals surface area contributed by atoms with E-state index in [1.807, 2.05) is 35.9 Å². The SMILES string of the molecule is CC[n+]1nc(C)sc1/C=C/c1cccc(OC)c1OC.F[B-](F)(F)F. The molecule has 1 aromatic carbocycles. The topological polar surface area (TPSA) is 35.2 Å². The van der Waals surface area contributed by atoms with E-state index in [0.717, 1.165) is 33.6 Å². The van der Waals surface area contributed by atoms with Crippen molar-refractivity contribution in [3.63, 3.8) is 0 Å². The van der Waals surface area contributed by atoms with Crippen LogP contribution in [0, 0.1) is 6.92 Å². The molecule has 0 aliphatic carbocycles. The van der Waals surface area contributed by atoms with E-state index in [1.54, 1.807) is 25.6 Å². The van der Waals surface area contributed by atoms with Gasteiger partial charge in [-0.05, 0) is 37.3 Å². The lowest BCUT2D eigenvalue weighted by molar-refractivity contribution is -0.747. The second-order valence-corrected chi connectivity index (χ2v) is 5.90. The lowest BCUT2D eigenvalue weighted by Crippen LogP contribution is -2.36. The first kappa shape index (κ1) is 20.9. The number of methoxy groups -OCH3 is 2. The summed E-state index contributed by atoms with van der Waals surface area (Å²) in [6.07, 6.45) is 4.09. The highest BCUT2D eigenvalue weighted by Crippen LogP contribution is 2.31. The number of rotatable bonds is 5. The molecule has 0 saturated carbocycles. The number of ether oxygens (including phenoxy) is 2. The van der Waals surface area contributed by atoms with Crippen molar-refractivity contribution in [2.24, 2.45) is 0 Å². The lowest BCUT2D eigenvalue weighted by Gasteiger charge is -2.09. The van der Waals surface area contributed by atoms with Crippen molar-refractivity contribution in [3.8, 4) is 11.5 Å². The molecule has 0 N–H and O–H groups in total. The predicted molar refractivity (Wildman–Crippen MR) is 91.4 cm³/mol. The number of nitrogens with zero attached hydrogens (tertiary/aromatic N) is 2. The second kappa shape index (κ2) is 9.40. The first-order valence-corrected chi connectivity index (χ1v) is 8.15. The summed E-state index contributed by atoms with van der Waals surface area (Å²) in [7, 11) is -2.71. The van der Waals surface area contributed by atoms with Crippen molar-refractivity contribution in [2.45, 2.75) is 20.4 Å². The van der Waals surface area contributed by atoms with Crippen LogP contribution in [0.3, 0.4) is 0 Å². The Morgan fingerprint density at radius 3 is 2.32 bits per heavy atom. The van der Waals surface area contributed by atoms with E-state index in [1.165, 1.54) is 0 Å². The summed E-state index contributed by atoms with van der Waals surface area (Å²) < 4.78 is 51.7. The van der Waals surface area contributed by atoms with Gasteiger partial charge in [-0.1, -0.05) is 16.8 Å². The Bertz CT molecular complexity index is 714. The predicted octanol–water partition coefficient (Wildman–Crippen LogP) is 4.25. The van der Waals surface area contributed by atoms with Gasteiger partial charge in [0.25, 0.3) is 5.01 Å². The molecule has 1 aromatic heterocycles. The van der Waals surface area contributed by atoms with E-state index in [2.05, 4.69) is 18.1 Å². The Kier molecular flexibility index (Phi) is 7.88. The van der Waals surface area contributed by atoms with Gasteiger partial charge in [-0.15, -0.1) is 0 Å². The molecule has 4 nitrogen and oxygen atoms in total. The fraction of sp³-hybridized carbons (Fsp3) is 0.333. The van der Waals surface area contributed by atoms with E-state index in [-0.39, 0.29) is 0 Å². The van der Waals surface area contributed by atoms with Gasteiger partial charge in [0.05, 0.1) is 14.2 Å². The van der Waals surface area contributed by atoms with Gasteiger partial charge >= 0.3 is 7.25 Å². The van der Waals surface area contributed by atoms with Crippen LogP contribution < -0.4 is 14.2 Å². The maximum absolute atomic E-state index is 9.75. The number of halogens is 4. The molecule has 0 atom stereocenters. The fourth-order valence-electron chi connectivity index (χ4n) is 1.99. The number of hydrogen-bond donors (Lipinski definition) is 0. The molecule has 0 saturated heterocycles. The standard InChI is InChI=1S/C15H19N2O2S.BF4/c1-5-17-14(20-11(2)16-17)10-9-12-7-6-8-13(18-3)15(12)19-4;2-1(3,4)5/h6-10H,5H2,1-4H3;/q+1;-1/b10-9+;. The van der Waals surface area contributed by atoms with Crippen LogP contribution in [0.4, 0.5) is 17.3 Å². The molecule has 2 rings (SSSR count). The Balaban J connectivity index is 0.000000550. The third-order valence-electron chi connectivity index (χ3n) is 2.91. The highest BCUT2D eigenvalue weighted by atomic mass is 32.1. The molecule has 0 unspecified atom stereocenters. The highest BCUT2D eigenvalue weighted by Gasteiger charge is 2.20. The molecule has 0 aliphatic rings. The monoisotopic (exact) mass is 378 g/mol. The van der Waals surface area contributed by atoms with E-state index in [9.17, 15) is 17.3 Å². The first-order chi connectivity index (χ1) is 11.7. The fourth-order valence-corrected chi connectivity index (χ4v) is 2.85. The van der Waals surface area contributed by atoms with Crippen molar-refractivity contribution in [1.82, 2.24) is 5.10 Å². The number of para-hydroxylation sites is 1. The molecule has 138 valence electrons. The summed E-state index contributed by atoms with van der Waals surface area (Å²) in [5, 5.41) is 6.63. The third kappa shape index (κ3) is 7.12. The van der Waals surface area contributed by atoms with Crippen LogP contribution in [-0.4, -0.2) is 26.6 Å². The quantitative estimate of drug-likeness (QED) is 0.443. The molecule has 0 spiro atoms. The van der Waals surface area contributed by atoms with Gasteiger partial charge in [0, 0.05) is 16.7 Å². The average Bonchev–Trinajstić information content (AvgIpc) is 2.90. The minimum absolute atomic E-state index is 0.735. The van der Waals surface area contributed by atoms with Crippen LogP contribution in [0.25, 0.3) is 12.2 Å². The van der Waals surface area contributed by atoms with Crippen molar-refractivity contribution in [1.29, 1.82) is 0 Å². The van der Waals surface area contributed by atoms with E-state index in [0.29, 0.717) is 0 Å². The van der Waals surface area contributed by atoms with Crippen LogP contribution in [0.2, 0.25) is 0 Å². The van der Waals surface area contributed by atoms with Crippen LogP contribution in [-0.2, 0) is 6.54 Å². The smallest absolute Gasteiger partial charge is 0.493 e. The van der Waals surface area contributed by atoms with E-state index >= 15 is 0 Å². The van der Waals surface area contributed by atoms with Crippen molar-refractivity contribution >= 4 is 30.7 Å². The van der Waals surface area contributed by atoms with Crippen LogP contribution in [0.1, 0.15) is 22.5 Å². The summed E-state index contributed by atoms with van der Waals surface area (Å²) in [6.45, 7) is 4.96. The van der Waals surface area contributed by atoms with Crippen LogP contribution in [0.5, 0.6) is 11.5 Å². The molecule has 0 amide bonds. The Morgan fingerprint density at radius 1 is 1.16 bits per heavy atom. The minimum Gasteiger partial charge on any atom is -0.493 e. The summed E-state index contributed by atoms with van der Waals surface area (Å²) in [6, 6.07) is 5.84. The molecular weight excluding hydrogens is 359 g/mol. The van der Waals surface area contributed by atoms with Gasteiger partial charge in [-0.25, -0.2) is 0 Å². The molecular formula is C15H19BF4N2O2S. The summed E-state index contributed by atoms with van der Waals surface area (Å²) in [5.74, 6) is 1.48. The van der Waals surface area contributed by atoms with Crippen LogP contribution in [0.15, 0.2) is 18.2 Å². The largest absolute Gasteiger partial charge is 0.673 e. The van der Waals surface area contributed by atoms with Gasteiger partial charge < -0.3 is 26.7 Å². The first-order valence-electron chi connectivity index (χ1n) is 7.33. The van der Waals surface area contributed by atoms with Gasteiger partial charge in [-0.3, -0.25) is 0 Å². The number of hydrogen-bond acceptors (Lipinski definition) is 4. The molecule has 10 heteroatoms. The highest BCUT2D eigenvalue weighted by molar-refractivity contribution is 7.11. The van der Waals surface area contributed by atoms with Crippen molar-refractivity contribution < 1.29 is 31.4 Å². The van der Waals surface area contributed by atoms with Gasteiger partial charge in [0.2, 0.25) is 0 Å². The molecule has 0 aliphatic heterocycles. The lowest BCUT2D eigenvalue weighted by atomic mass is 10.1. The molecule has 0 bridgehead atoms. The summed E-state index contributed by atoms with van der Waals surface area (Å²) in [4.78, 5) is 0. The zero-order chi connectivity index (χ0) is 19.0. The van der Waals surface area contributed by atoms with E-state index < -0.39 is 7.25 Å². The molecule has 25 heavy (non-hydrogen) atoms. The van der Waals surface area contributed by atoms with Gasteiger partial charge in [0.1, 0.15) is 0 Å². The molecule has 1 heterocycles. The average molecular weight is 378 g/mol. The molecule has 2 aromatic rings. The van der Waals surface area contributed by atoms with Crippen molar-refractivity contribution in [2.75, 3.05) is 14.2 Å². The summed E-state index contributed by atoms with van der Waals surface area (Å²) in [5.41, 5.74) is 0.987. The maximum Gasteiger partial charge on any atom is 0.673 e. The van der Waals surface area contributed by atoms with E-state index in [4.69, 9.17) is 9.47 Å². The molecule has 0 fully saturated rings. The van der Waals surface area contributed by atoms with Crippen molar-refractivity contribution in [3.05, 3.63) is 33.8 Å². The minimum atomic E-state index is -6.00. The van der Waals surface area contributed by atoms with Gasteiger partial charge in [0.15, 0.2) is 23.1 Å².